The van der Waals surface area contributed by atoms with Gasteiger partial charge < -0.3 is 43.7 Å². The number of carboxylic acids is 2. The van der Waals surface area contributed by atoms with E-state index in [9.17, 15) is 29.4 Å². The zero-order valence-electron chi connectivity index (χ0n) is 30.0. The maximum atomic E-state index is 12.7. The first-order valence-electron chi connectivity index (χ1n) is 16.6. The summed E-state index contributed by atoms with van der Waals surface area (Å²) in [7, 11) is 0. The fraction of sp³-hybridized carbons (Fsp3) is 0.385. The molecule has 0 fully saturated rings. The second-order valence-corrected chi connectivity index (χ2v) is 10.0. The lowest BCUT2D eigenvalue weighted by Crippen LogP contribution is -2.18. The summed E-state index contributed by atoms with van der Waals surface area (Å²) in [4.78, 5) is 48.7. The third kappa shape index (κ3) is 10.3. The molecule has 0 unspecified atom stereocenters. The lowest BCUT2D eigenvalue weighted by Gasteiger charge is -2.20. The summed E-state index contributed by atoms with van der Waals surface area (Å²) in [6, 6.07) is 14.1. The molecule has 0 heterocycles. The maximum Gasteiger partial charge on any atom is 0.342 e. The van der Waals surface area contributed by atoms with E-state index in [4.69, 9.17) is 33.5 Å². The summed E-state index contributed by atoms with van der Waals surface area (Å²) >= 11 is 0. The summed E-state index contributed by atoms with van der Waals surface area (Å²) in [5, 5.41) is 28.9. The van der Waals surface area contributed by atoms with Gasteiger partial charge in [0.25, 0.3) is 0 Å². The van der Waals surface area contributed by atoms with Crippen molar-refractivity contribution in [2.75, 3.05) is 46.2 Å². The van der Waals surface area contributed by atoms with Crippen LogP contribution in [0.5, 0.6) is 23.0 Å². The molecular formula is C39H50O13. The first-order valence-corrected chi connectivity index (χ1v) is 16.6. The Labute approximate surface area is 304 Å². The molecule has 0 bridgehead atoms. The molecule has 4 rings (SSSR count). The number of hydrogen-bond acceptors (Lipinski definition) is 11. The number of fused-ring (bicyclic) bond motifs is 2. The van der Waals surface area contributed by atoms with E-state index in [0.29, 0.717) is 46.3 Å². The first kappa shape index (κ1) is 44.5. The van der Waals surface area contributed by atoms with Crippen LogP contribution in [-0.4, -0.2) is 85.4 Å². The zero-order chi connectivity index (χ0) is 38.1. The molecule has 4 aromatic rings. The Morgan fingerprint density at radius 3 is 0.885 bits per heavy atom. The summed E-state index contributed by atoms with van der Waals surface area (Å²) in [5.41, 5.74) is -0.711. The van der Waals surface area contributed by atoms with Crippen LogP contribution in [0.4, 0.5) is 0 Å². The largest absolute Gasteiger partial charge is 0.492 e. The van der Waals surface area contributed by atoms with Crippen molar-refractivity contribution < 1.29 is 62.9 Å². The van der Waals surface area contributed by atoms with Gasteiger partial charge in [-0.05, 0) is 48.5 Å². The average molecular weight is 727 g/mol. The summed E-state index contributed by atoms with van der Waals surface area (Å²) < 4.78 is 32.8. The maximum absolute atomic E-state index is 12.7. The molecule has 4 aromatic carbocycles. The van der Waals surface area contributed by atoms with Crippen LogP contribution >= 0.6 is 0 Å². The molecule has 0 aliphatic carbocycles. The van der Waals surface area contributed by atoms with Crippen LogP contribution in [0.1, 0.15) is 97.3 Å². The molecule has 0 saturated heterocycles. The van der Waals surface area contributed by atoms with Gasteiger partial charge in [-0.15, -0.1) is 0 Å². The molecule has 0 saturated carbocycles. The Kier molecular flexibility index (Phi) is 19.1. The average Bonchev–Trinajstić information content (AvgIpc) is 3.10. The predicted octanol–water partition coefficient (Wildman–Crippen LogP) is 7.66. The van der Waals surface area contributed by atoms with Gasteiger partial charge in [0.2, 0.25) is 0 Å². The second kappa shape index (κ2) is 22.3. The SMILES string of the molecule is C.CCO.CCOC(=O)c1c(C(=O)OCC)c(OCC)c2ccccc2c1OCC.CCOc1c(C(=O)O)c(C(=O)O)c(OCC)c2ccccc12. The minimum atomic E-state index is -1.37. The zero-order valence-corrected chi connectivity index (χ0v) is 30.0. The van der Waals surface area contributed by atoms with Crippen LogP contribution in [0, 0.1) is 0 Å². The number of carboxylic acid groups (broad SMARTS) is 2. The number of ether oxygens (including phenoxy) is 6. The van der Waals surface area contributed by atoms with Crippen LogP contribution in [0.15, 0.2) is 48.5 Å². The van der Waals surface area contributed by atoms with E-state index in [2.05, 4.69) is 0 Å². The summed E-state index contributed by atoms with van der Waals surface area (Å²) in [6.45, 7) is 13.8. The van der Waals surface area contributed by atoms with Crippen LogP contribution in [0.2, 0.25) is 0 Å². The van der Waals surface area contributed by atoms with E-state index in [1.165, 1.54) is 0 Å². The molecule has 284 valence electrons. The van der Waals surface area contributed by atoms with Gasteiger partial charge in [-0.25, -0.2) is 19.2 Å². The van der Waals surface area contributed by atoms with Crippen molar-refractivity contribution in [2.24, 2.45) is 0 Å². The quantitative estimate of drug-likeness (QED) is 0.108. The second-order valence-electron chi connectivity index (χ2n) is 10.0. The number of carbonyl (C=O) groups is 4. The number of rotatable bonds is 14. The summed E-state index contributed by atoms with van der Waals surface area (Å²) in [5.74, 6) is -3.34. The Morgan fingerprint density at radius 1 is 0.462 bits per heavy atom. The Bertz CT molecular complexity index is 1690. The van der Waals surface area contributed by atoms with Gasteiger partial charge in [-0.1, -0.05) is 56.0 Å². The molecule has 0 amide bonds. The number of esters is 2. The third-order valence-corrected chi connectivity index (χ3v) is 6.78. The van der Waals surface area contributed by atoms with E-state index in [0.717, 1.165) is 0 Å². The molecule has 13 nitrogen and oxygen atoms in total. The highest BCUT2D eigenvalue weighted by Crippen LogP contribution is 2.43. The number of carbonyl (C=O) groups excluding carboxylic acids is 2. The molecule has 0 spiro atoms. The molecule has 3 N–H and O–H groups in total. The number of aliphatic hydroxyl groups excluding tert-OH is 1. The highest BCUT2D eigenvalue weighted by molar-refractivity contribution is 6.15. The highest BCUT2D eigenvalue weighted by atomic mass is 16.5. The van der Waals surface area contributed by atoms with Crippen molar-refractivity contribution in [3.63, 3.8) is 0 Å². The van der Waals surface area contributed by atoms with Crippen molar-refractivity contribution in [1.82, 2.24) is 0 Å². The monoisotopic (exact) mass is 726 g/mol. The highest BCUT2D eigenvalue weighted by Gasteiger charge is 2.32. The van der Waals surface area contributed by atoms with Gasteiger partial charge in [0, 0.05) is 28.2 Å². The first-order chi connectivity index (χ1) is 24.5. The van der Waals surface area contributed by atoms with Crippen molar-refractivity contribution in [2.45, 2.75) is 55.9 Å². The molecule has 13 heteroatoms. The van der Waals surface area contributed by atoms with Gasteiger partial charge in [0.05, 0.1) is 39.6 Å². The Morgan fingerprint density at radius 2 is 0.692 bits per heavy atom. The minimum Gasteiger partial charge on any atom is -0.492 e. The number of hydrogen-bond donors (Lipinski definition) is 3. The van der Waals surface area contributed by atoms with E-state index in [-0.39, 0.29) is 63.1 Å². The van der Waals surface area contributed by atoms with E-state index < -0.39 is 35.0 Å². The normalized spacial score (nSPS) is 10.0. The smallest absolute Gasteiger partial charge is 0.342 e. The van der Waals surface area contributed by atoms with Crippen molar-refractivity contribution >= 4 is 45.4 Å². The lowest BCUT2D eigenvalue weighted by molar-refractivity contribution is 0.0471. The fourth-order valence-corrected chi connectivity index (χ4v) is 5.13. The fourth-order valence-electron chi connectivity index (χ4n) is 5.13. The third-order valence-electron chi connectivity index (χ3n) is 6.78. The van der Waals surface area contributed by atoms with Crippen LogP contribution in [-0.2, 0) is 9.47 Å². The van der Waals surface area contributed by atoms with E-state index >= 15 is 0 Å². The van der Waals surface area contributed by atoms with Crippen molar-refractivity contribution in [3.8, 4) is 23.0 Å². The van der Waals surface area contributed by atoms with Crippen LogP contribution in [0.3, 0.4) is 0 Å². The minimum absolute atomic E-state index is 0. The van der Waals surface area contributed by atoms with Crippen LogP contribution < -0.4 is 18.9 Å². The molecule has 0 aliphatic rings. The molecule has 52 heavy (non-hydrogen) atoms. The Hall–Kier alpha value is -5.56. The van der Waals surface area contributed by atoms with Crippen molar-refractivity contribution in [3.05, 3.63) is 70.8 Å². The summed E-state index contributed by atoms with van der Waals surface area (Å²) in [6.07, 6.45) is 0. The van der Waals surface area contributed by atoms with Gasteiger partial charge in [0.15, 0.2) is 0 Å². The van der Waals surface area contributed by atoms with Crippen molar-refractivity contribution in [1.29, 1.82) is 0 Å². The van der Waals surface area contributed by atoms with Gasteiger partial charge in [-0.2, -0.15) is 0 Å². The number of aromatic carboxylic acids is 2. The topological polar surface area (TPSA) is 184 Å². The number of aliphatic hydroxyl groups is 1. The molecular weight excluding hydrogens is 676 g/mol. The predicted molar refractivity (Wildman–Crippen MR) is 198 cm³/mol. The standard InChI is InChI=1S/C20H24O6.C16H16O6.C2H6O.CH4/c1-5-23-17-13-11-9-10-12-14(13)18(24-6-2)16(20(22)26-8-4)15(17)19(21)25-7-3;1-3-21-13-9-7-5-6-8-10(9)14(22-4-2)12(16(19)20)11(13)15(17)18;1-2-3;/h9-12H,5-8H2,1-4H3;5-8H,3-4H2,1-2H3,(H,17,18)(H,19,20);3H,2H2,1H3;1H4. The molecule has 0 atom stereocenters. The Balaban J connectivity index is 0.000000480. The van der Waals surface area contributed by atoms with Crippen LogP contribution in [0.25, 0.3) is 21.5 Å². The van der Waals surface area contributed by atoms with E-state index in [1.54, 1.807) is 58.9 Å². The molecule has 0 aliphatic heterocycles. The van der Waals surface area contributed by atoms with Gasteiger partial charge >= 0.3 is 23.9 Å². The van der Waals surface area contributed by atoms with E-state index in [1.807, 2.05) is 38.1 Å². The molecule has 0 radical (unpaired) electrons. The number of benzene rings is 4. The van der Waals surface area contributed by atoms with Gasteiger partial charge in [-0.3, -0.25) is 0 Å². The van der Waals surface area contributed by atoms with Gasteiger partial charge in [0.1, 0.15) is 45.3 Å². The lowest BCUT2D eigenvalue weighted by atomic mass is 9.97. The molecule has 0 aromatic heterocycles.